The molecule has 4 rings (SSSR count). The first-order chi connectivity index (χ1) is 15.6. The highest BCUT2D eigenvalue weighted by Crippen LogP contribution is 2.25. The van der Waals surface area contributed by atoms with Crippen LogP contribution in [0.2, 0.25) is 0 Å². The highest BCUT2D eigenvalue weighted by atomic mass is 32.1. The average molecular weight is 451 g/mol. The molecule has 1 aromatic heterocycles. The van der Waals surface area contributed by atoms with Crippen LogP contribution in [0.4, 0.5) is 0 Å². The summed E-state index contributed by atoms with van der Waals surface area (Å²) in [7, 11) is 1.63. The largest absolute Gasteiger partial charge is 0.497 e. The molecule has 1 fully saturated rings. The van der Waals surface area contributed by atoms with E-state index >= 15 is 0 Å². The fourth-order valence-electron chi connectivity index (χ4n) is 3.83. The van der Waals surface area contributed by atoms with Crippen molar-refractivity contribution < 1.29 is 14.3 Å². The lowest BCUT2D eigenvalue weighted by atomic mass is 10.1. The Hall–Kier alpha value is -3.23. The Kier molecular flexibility index (Phi) is 7.14. The molecule has 7 nitrogen and oxygen atoms in total. The molecule has 2 heterocycles. The molecule has 8 heteroatoms. The quantitative estimate of drug-likeness (QED) is 0.551. The Morgan fingerprint density at radius 3 is 2.91 bits per heavy atom. The van der Waals surface area contributed by atoms with Crippen LogP contribution in [0.1, 0.15) is 16.9 Å². The van der Waals surface area contributed by atoms with Gasteiger partial charge in [0.05, 0.1) is 42.2 Å². The number of carbonyl (C=O) groups excluding carboxylic acids is 2. The molecular weight excluding hydrogens is 424 g/mol. The van der Waals surface area contributed by atoms with Crippen molar-refractivity contribution in [1.82, 2.24) is 20.5 Å². The van der Waals surface area contributed by atoms with Crippen LogP contribution >= 0.6 is 11.3 Å². The predicted molar refractivity (Wildman–Crippen MR) is 124 cm³/mol. The van der Waals surface area contributed by atoms with Gasteiger partial charge in [0.25, 0.3) is 0 Å². The van der Waals surface area contributed by atoms with Gasteiger partial charge in [-0.25, -0.2) is 4.98 Å². The van der Waals surface area contributed by atoms with Crippen LogP contribution in [0, 0.1) is 0 Å². The maximum atomic E-state index is 12.7. The number of carbonyl (C=O) groups is 2. The molecule has 2 amide bonds. The summed E-state index contributed by atoms with van der Waals surface area (Å²) in [5.74, 6) is 0.504. The predicted octanol–water partition coefficient (Wildman–Crippen LogP) is 2.83. The molecule has 0 saturated carbocycles. The van der Waals surface area contributed by atoms with Gasteiger partial charge in [0.2, 0.25) is 11.8 Å². The van der Waals surface area contributed by atoms with Gasteiger partial charge in [0.15, 0.2) is 0 Å². The minimum absolute atomic E-state index is 0.106. The third-order valence-corrected chi connectivity index (χ3v) is 6.31. The van der Waals surface area contributed by atoms with E-state index in [0.29, 0.717) is 26.2 Å². The van der Waals surface area contributed by atoms with Gasteiger partial charge in [-0.2, -0.15) is 0 Å². The van der Waals surface area contributed by atoms with E-state index in [-0.39, 0.29) is 18.2 Å². The minimum atomic E-state index is -0.509. The summed E-state index contributed by atoms with van der Waals surface area (Å²) in [5, 5.41) is 5.85. The Labute approximate surface area is 191 Å². The van der Waals surface area contributed by atoms with Gasteiger partial charge in [-0.3, -0.25) is 14.5 Å². The van der Waals surface area contributed by atoms with E-state index in [0.717, 1.165) is 27.4 Å². The molecule has 0 bridgehead atoms. The molecule has 1 atom stereocenters. The average Bonchev–Trinajstić information content (AvgIpc) is 3.29. The van der Waals surface area contributed by atoms with Crippen LogP contribution in [-0.4, -0.2) is 47.9 Å². The Balaban J connectivity index is 1.39. The topological polar surface area (TPSA) is 83.6 Å². The lowest BCUT2D eigenvalue weighted by Gasteiger charge is -2.34. The molecule has 2 aromatic carbocycles. The summed E-state index contributed by atoms with van der Waals surface area (Å²) in [5.41, 5.74) is 4.73. The zero-order valence-corrected chi connectivity index (χ0v) is 18.7. The van der Waals surface area contributed by atoms with Crippen molar-refractivity contribution in [1.29, 1.82) is 0 Å². The van der Waals surface area contributed by atoms with Gasteiger partial charge in [0.1, 0.15) is 5.75 Å². The fraction of sp³-hybridized carbons (Fsp3) is 0.292. The number of methoxy groups -OCH3 is 1. The number of amides is 2. The Morgan fingerprint density at radius 1 is 1.25 bits per heavy atom. The van der Waals surface area contributed by atoms with Crippen LogP contribution < -0.4 is 15.4 Å². The summed E-state index contributed by atoms with van der Waals surface area (Å²) in [6.45, 7) is 2.23. The lowest BCUT2D eigenvalue weighted by Crippen LogP contribution is -2.56. The maximum Gasteiger partial charge on any atom is 0.237 e. The van der Waals surface area contributed by atoms with Gasteiger partial charge in [-0.05, 0) is 17.7 Å². The van der Waals surface area contributed by atoms with Gasteiger partial charge >= 0.3 is 0 Å². The molecule has 1 aliphatic rings. The first-order valence-corrected chi connectivity index (χ1v) is 11.4. The van der Waals surface area contributed by atoms with Crippen molar-refractivity contribution in [2.45, 2.75) is 25.6 Å². The smallest absolute Gasteiger partial charge is 0.237 e. The summed E-state index contributed by atoms with van der Waals surface area (Å²) < 4.78 is 5.30. The van der Waals surface area contributed by atoms with E-state index < -0.39 is 6.04 Å². The van der Waals surface area contributed by atoms with Crippen molar-refractivity contribution >= 4 is 23.2 Å². The summed E-state index contributed by atoms with van der Waals surface area (Å²) in [6.07, 6.45) is 0.106. The van der Waals surface area contributed by atoms with E-state index in [1.807, 2.05) is 54.6 Å². The van der Waals surface area contributed by atoms with Crippen molar-refractivity contribution in [3.05, 3.63) is 70.5 Å². The number of piperazine rings is 1. The molecule has 0 radical (unpaired) electrons. The van der Waals surface area contributed by atoms with Crippen molar-refractivity contribution in [2.75, 3.05) is 20.2 Å². The van der Waals surface area contributed by atoms with E-state index in [4.69, 9.17) is 4.74 Å². The number of hydrogen-bond donors (Lipinski definition) is 2. The summed E-state index contributed by atoms with van der Waals surface area (Å²) in [4.78, 5) is 32.8. The Morgan fingerprint density at radius 2 is 2.09 bits per heavy atom. The maximum absolute atomic E-state index is 12.7. The third-order valence-electron chi connectivity index (χ3n) is 5.47. The number of benzene rings is 2. The SMILES string of the molecule is COc1cccc(CN2CCNC(=O)[C@H]2CC(=O)NCc2scnc2-c2ccccc2)c1. The first kappa shape index (κ1) is 22.0. The van der Waals surface area contributed by atoms with E-state index in [1.54, 1.807) is 12.6 Å². The van der Waals surface area contributed by atoms with Crippen LogP contribution in [0.5, 0.6) is 5.75 Å². The van der Waals surface area contributed by atoms with E-state index in [9.17, 15) is 9.59 Å². The van der Waals surface area contributed by atoms with Crippen LogP contribution in [-0.2, 0) is 22.7 Å². The zero-order valence-electron chi connectivity index (χ0n) is 17.9. The number of nitrogens with one attached hydrogen (secondary N) is 2. The lowest BCUT2D eigenvalue weighted by molar-refractivity contribution is -0.134. The standard InChI is InChI=1S/C24H26N4O3S/c1-31-19-9-5-6-17(12-19)15-28-11-10-25-24(30)20(28)13-22(29)26-14-21-23(27-16-32-21)18-7-3-2-4-8-18/h2-9,12,16,20H,10-11,13-15H2,1H3,(H,25,30)(H,26,29)/t20-/m1/s1. The molecular formula is C24H26N4O3S. The number of thiazole rings is 1. The molecule has 1 saturated heterocycles. The van der Waals surface area contributed by atoms with E-state index in [2.05, 4.69) is 20.5 Å². The molecule has 32 heavy (non-hydrogen) atoms. The van der Waals surface area contributed by atoms with Gasteiger partial charge in [-0.1, -0.05) is 42.5 Å². The minimum Gasteiger partial charge on any atom is -0.497 e. The second kappa shape index (κ2) is 10.4. The molecule has 0 unspecified atom stereocenters. The number of aromatic nitrogens is 1. The van der Waals surface area contributed by atoms with Gasteiger partial charge in [0, 0.05) is 25.2 Å². The van der Waals surface area contributed by atoms with Crippen molar-refractivity contribution in [2.24, 2.45) is 0 Å². The van der Waals surface area contributed by atoms with Crippen LogP contribution in [0.15, 0.2) is 60.1 Å². The molecule has 0 aliphatic carbocycles. The third kappa shape index (κ3) is 5.33. The zero-order chi connectivity index (χ0) is 22.3. The van der Waals surface area contributed by atoms with Crippen LogP contribution in [0.25, 0.3) is 11.3 Å². The van der Waals surface area contributed by atoms with Crippen LogP contribution in [0.3, 0.4) is 0 Å². The molecule has 2 N–H and O–H groups in total. The number of nitrogens with zero attached hydrogens (tertiary/aromatic N) is 2. The molecule has 3 aromatic rings. The second-order valence-electron chi connectivity index (χ2n) is 7.60. The van der Waals surface area contributed by atoms with Gasteiger partial charge in [-0.15, -0.1) is 11.3 Å². The number of rotatable bonds is 8. The fourth-order valence-corrected chi connectivity index (χ4v) is 4.56. The summed E-state index contributed by atoms with van der Waals surface area (Å²) >= 11 is 1.51. The molecule has 0 spiro atoms. The van der Waals surface area contributed by atoms with E-state index in [1.165, 1.54) is 11.3 Å². The first-order valence-electron chi connectivity index (χ1n) is 10.5. The highest BCUT2D eigenvalue weighted by Gasteiger charge is 2.31. The normalized spacial score (nSPS) is 16.4. The van der Waals surface area contributed by atoms with Crippen molar-refractivity contribution in [3.63, 3.8) is 0 Å². The summed E-state index contributed by atoms with van der Waals surface area (Å²) in [6, 6.07) is 17.2. The molecule has 166 valence electrons. The number of hydrogen-bond acceptors (Lipinski definition) is 6. The monoisotopic (exact) mass is 450 g/mol. The van der Waals surface area contributed by atoms with Gasteiger partial charge < -0.3 is 15.4 Å². The highest BCUT2D eigenvalue weighted by molar-refractivity contribution is 7.10. The molecule has 1 aliphatic heterocycles. The Bertz CT molecular complexity index is 1070. The number of ether oxygens (including phenoxy) is 1. The van der Waals surface area contributed by atoms with Crippen molar-refractivity contribution in [3.8, 4) is 17.0 Å². The second-order valence-corrected chi connectivity index (χ2v) is 8.54.